The van der Waals surface area contributed by atoms with Gasteiger partial charge in [0.05, 0.1) is 20.4 Å². The fourth-order valence-corrected chi connectivity index (χ4v) is 3.66. The number of halogens is 1. The molecule has 1 N–H and O–H groups in total. The molecule has 1 aliphatic heterocycles. The van der Waals surface area contributed by atoms with Gasteiger partial charge in [-0.3, -0.25) is 9.69 Å². The van der Waals surface area contributed by atoms with Gasteiger partial charge in [0.2, 0.25) is 5.91 Å². The Morgan fingerprint density at radius 2 is 1.90 bits per heavy atom. The molecule has 0 unspecified atom stereocenters. The highest BCUT2D eigenvalue weighted by molar-refractivity contribution is 9.10. The van der Waals surface area contributed by atoms with Crippen molar-refractivity contribution in [2.75, 3.05) is 27.3 Å². The molecule has 0 aromatic heterocycles. The Balaban J connectivity index is 1.48. The minimum absolute atomic E-state index is 0.0134. The van der Waals surface area contributed by atoms with Crippen LogP contribution in [0.2, 0.25) is 0 Å². The maximum absolute atomic E-state index is 12.5. The van der Waals surface area contributed by atoms with Gasteiger partial charge in [0.1, 0.15) is 11.5 Å². The van der Waals surface area contributed by atoms with Crippen LogP contribution in [-0.2, 0) is 11.3 Å². The van der Waals surface area contributed by atoms with Gasteiger partial charge in [-0.05, 0) is 61.8 Å². The zero-order chi connectivity index (χ0) is 20.6. The fourth-order valence-electron chi connectivity index (χ4n) is 3.40. The van der Waals surface area contributed by atoms with Crippen LogP contribution in [0.4, 0.5) is 0 Å². The van der Waals surface area contributed by atoms with Gasteiger partial charge >= 0.3 is 0 Å². The maximum atomic E-state index is 12.5. The molecule has 0 spiro atoms. The van der Waals surface area contributed by atoms with E-state index in [0.29, 0.717) is 11.5 Å². The zero-order valence-electron chi connectivity index (χ0n) is 16.7. The number of carbonyl (C=O) groups excluding carboxylic acids is 1. The van der Waals surface area contributed by atoms with Crippen LogP contribution in [0.1, 0.15) is 24.0 Å². The molecule has 0 bridgehead atoms. The summed E-state index contributed by atoms with van der Waals surface area (Å²) in [6.45, 7) is 2.72. The molecule has 1 heterocycles. The summed E-state index contributed by atoms with van der Waals surface area (Å²) in [4.78, 5) is 14.9. The fraction of sp³-hybridized carbons (Fsp3) is 0.364. The number of nitrogens with one attached hydrogen (secondary N) is 1. The molecule has 1 saturated heterocycles. The van der Waals surface area contributed by atoms with Crippen molar-refractivity contribution in [1.82, 2.24) is 10.3 Å². The van der Waals surface area contributed by atoms with E-state index in [1.165, 1.54) is 5.56 Å². The lowest BCUT2D eigenvalue weighted by molar-refractivity contribution is -0.126. The first-order valence-electron chi connectivity index (χ1n) is 9.61. The highest BCUT2D eigenvalue weighted by atomic mass is 79.9. The van der Waals surface area contributed by atoms with Crippen molar-refractivity contribution >= 4 is 28.1 Å². The monoisotopic (exact) mass is 459 g/mol. The molecule has 0 radical (unpaired) electrons. The quantitative estimate of drug-likeness (QED) is 0.504. The first kappa shape index (κ1) is 21.3. The summed E-state index contributed by atoms with van der Waals surface area (Å²) in [6, 6.07) is 13.8. The third-order valence-corrected chi connectivity index (χ3v) is 5.62. The molecule has 1 amide bonds. The number of nitrogens with zero attached hydrogens (tertiary/aromatic N) is 2. The van der Waals surface area contributed by atoms with Crippen LogP contribution in [0.3, 0.4) is 0 Å². The topological polar surface area (TPSA) is 63.2 Å². The smallest absolute Gasteiger partial charge is 0.243 e. The minimum Gasteiger partial charge on any atom is -0.497 e. The van der Waals surface area contributed by atoms with Gasteiger partial charge in [0.15, 0.2) is 0 Å². The van der Waals surface area contributed by atoms with E-state index in [9.17, 15) is 4.79 Å². The van der Waals surface area contributed by atoms with Crippen LogP contribution < -0.4 is 14.9 Å². The Morgan fingerprint density at radius 1 is 1.17 bits per heavy atom. The van der Waals surface area contributed by atoms with E-state index in [0.717, 1.165) is 42.5 Å². The first-order valence-corrected chi connectivity index (χ1v) is 10.4. The molecule has 1 fully saturated rings. The number of benzene rings is 2. The Hall–Kier alpha value is -2.38. The molecule has 3 rings (SSSR count). The molecule has 154 valence electrons. The van der Waals surface area contributed by atoms with Crippen LogP contribution in [0.5, 0.6) is 11.5 Å². The molecule has 6 nitrogen and oxygen atoms in total. The number of amides is 1. The predicted molar refractivity (Wildman–Crippen MR) is 117 cm³/mol. The number of hydrogen-bond donors (Lipinski definition) is 1. The number of ether oxygens (including phenoxy) is 2. The van der Waals surface area contributed by atoms with Crippen molar-refractivity contribution in [3.05, 3.63) is 58.1 Å². The van der Waals surface area contributed by atoms with Crippen LogP contribution in [0, 0.1) is 5.92 Å². The van der Waals surface area contributed by atoms with Gasteiger partial charge in [0.25, 0.3) is 0 Å². The number of methoxy groups -OCH3 is 2. The van der Waals surface area contributed by atoms with Gasteiger partial charge in [-0.15, -0.1) is 0 Å². The van der Waals surface area contributed by atoms with Crippen molar-refractivity contribution < 1.29 is 14.3 Å². The van der Waals surface area contributed by atoms with E-state index in [1.54, 1.807) is 20.4 Å². The van der Waals surface area contributed by atoms with Crippen LogP contribution >= 0.6 is 15.9 Å². The largest absolute Gasteiger partial charge is 0.497 e. The molecule has 29 heavy (non-hydrogen) atoms. The predicted octanol–water partition coefficient (Wildman–Crippen LogP) is 3.83. The average molecular weight is 460 g/mol. The van der Waals surface area contributed by atoms with Crippen LogP contribution in [0.15, 0.2) is 52.0 Å². The number of rotatable bonds is 7. The van der Waals surface area contributed by atoms with Crippen molar-refractivity contribution in [3.8, 4) is 11.5 Å². The lowest BCUT2D eigenvalue weighted by Gasteiger charge is -2.30. The second-order valence-electron chi connectivity index (χ2n) is 7.02. The zero-order valence-corrected chi connectivity index (χ0v) is 18.3. The molecule has 2 aromatic rings. The van der Waals surface area contributed by atoms with Crippen LogP contribution in [0.25, 0.3) is 0 Å². The van der Waals surface area contributed by atoms with Crippen molar-refractivity contribution in [2.45, 2.75) is 19.4 Å². The van der Waals surface area contributed by atoms with Gasteiger partial charge < -0.3 is 9.47 Å². The summed E-state index contributed by atoms with van der Waals surface area (Å²) in [6.07, 6.45) is 3.25. The maximum Gasteiger partial charge on any atom is 0.243 e. The molecular weight excluding hydrogens is 434 g/mol. The Bertz CT molecular complexity index is 847. The third-order valence-electron chi connectivity index (χ3n) is 5.09. The van der Waals surface area contributed by atoms with E-state index in [4.69, 9.17) is 9.47 Å². The highest BCUT2D eigenvalue weighted by Gasteiger charge is 2.24. The molecule has 2 aromatic carbocycles. The van der Waals surface area contributed by atoms with E-state index >= 15 is 0 Å². The SMILES string of the molecule is COc1ccc(OC)c(/C=N/NC(=O)C2CCN(Cc3ccc(Br)cc3)CC2)c1. The van der Waals surface area contributed by atoms with E-state index in [1.807, 2.05) is 18.2 Å². The molecule has 0 aliphatic carbocycles. The molecule has 0 saturated carbocycles. The van der Waals surface area contributed by atoms with Crippen molar-refractivity contribution in [1.29, 1.82) is 0 Å². The van der Waals surface area contributed by atoms with E-state index in [-0.39, 0.29) is 11.8 Å². The standard InChI is InChI=1S/C22H26BrN3O3/c1-28-20-7-8-21(29-2)18(13-20)14-24-25-22(27)17-9-11-26(12-10-17)15-16-3-5-19(23)6-4-16/h3-8,13-14,17H,9-12,15H2,1-2H3,(H,25,27)/b24-14+. The summed E-state index contributed by atoms with van der Waals surface area (Å²) in [5, 5.41) is 4.12. The number of carbonyl (C=O) groups is 1. The summed E-state index contributed by atoms with van der Waals surface area (Å²) in [5.41, 5.74) is 4.70. The number of likely N-dealkylation sites (tertiary alicyclic amines) is 1. The van der Waals surface area contributed by atoms with Gasteiger partial charge in [0, 0.05) is 22.5 Å². The summed E-state index contributed by atoms with van der Waals surface area (Å²) < 4.78 is 11.6. The molecule has 1 aliphatic rings. The highest BCUT2D eigenvalue weighted by Crippen LogP contribution is 2.23. The summed E-state index contributed by atoms with van der Waals surface area (Å²) in [7, 11) is 3.20. The molecule has 0 atom stereocenters. The van der Waals surface area contributed by atoms with E-state index in [2.05, 4.69) is 55.6 Å². The lowest BCUT2D eigenvalue weighted by atomic mass is 9.96. The van der Waals surface area contributed by atoms with Crippen molar-refractivity contribution in [2.24, 2.45) is 11.0 Å². The van der Waals surface area contributed by atoms with E-state index < -0.39 is 0 Å². The second kappa shape index (κ2) is 10.4. The van der Waals surface area contributed by atoms with Gasteiger partial charge in [-0.1, -0.05) is 28.1 Å². The van der Waals surface area contributed by atoms with Crippen molar-refractivity contribution in [3.63, 3.8) is 0 Å². The summed E-state index contributed by atoms with van der Waals surface area (Å²) >= 11 is 3.46. The number of hydrogen-bond acceptors (Lipinski definition) is 5. The van der Waals surface area contributed by atoms with Gasteiger partial charge in [-0.25, -0.2) is 5.43 Å². The third kappa shape index (κ3) is 6.05. The normalized spacial score (nSPS) is 15.4. The van der Waals surface area contributed by atoms with Gasteiger partial charge in [-0.2, -0.15) is 5.10 Å². The average Bonchev–Trinajstić information content (AvgIpc) is 2.75. The first-order chi connectivity index (χ1) is 14.1. The number of hydrazone groups is 1. The summed E-state index contributed by atoms with van der Waals surface area (Å²) in [5.74, 6) is 1.33. The molecular formula is C22H26BrN3O3. The Labute approximate surface area is 180 Å². The minimum atomic E-state index is -0.0357. The number of piperidine rings is 1. The lowest BCUT2D eigenvalue weighted by Crippen LogP contribution is -2.39. The molecule has 7 heteroatoms. The van der Waals surface area contributed by atoms with Crippen LogP contribution in [-0.4, -0.2) is 44.3 Å². The Morgan fingerprint density at radius 3 is 2.55 bits per heavy atom. The second-order valence-corrected chi connectivity index (χ2v) is 7.93. The Kier molecular flexibility index (Phi) is 7.66.